The van der Waals surface area contributed by atoms with Crippen molar-refractivity contribution in [1.29, 1.82) is 0 Å². The molecule has 0 spiro atoms. The second-order valence-electron chi connectivity index (χ2n) is 6.03. The molecule has 0 amide bonds. The second kappa shape index (κ2) is 8.59. The number of hydrogen-bond acceptors (Lipinski definition) is 10. The lowest BCUT2D eigenvalue weighted by atomic mass is 10.1. The monoisotopic (exact) mass is 402 g/mol. The Morgan fingerprint density at radius 2 is 2.37 bits per heavy atom. The molecular formula is C15H23N4O7P. The number of carbonyl (C=O) groups is 1. The van der Waals surface area contributed by atoms with E-state index in [1.165, 1.54) is 23.9 Å². The summed E-state index contributed by atoms with van der Waals surface area (Å²) in [6.07, 6.45) is -0.698. The Bertz CT molecular complexity index is 732. The van der Waals surface area contributed by atoms with Crippen LogP contribution >= 0.6 is 8.53 Å². The highest BCUT2D eigenvalue weighted by Gasteiger charge is 2.51. The number of nitrogens with one attached hydrogen (secondary N) is 1. The summed E-state index contributed by atoms with van der Waals surface area (Å²) in [6, 6.07) is 0.919. The minimum Gasteiger partial charge on any atom is -0.465 e. The molecule has 3 rings (SSSR count). The summed E-state index contributed by atoms with van der Waals surface area (Å²) in [5.74, 6) is -0.265. The average Bonchev–Trinajstić information content (AvgIpc) is 2.99. The van der Waals surface area contributed by atoms with Gasteiger partial charge in [-0.15, -0.1) is 0 Å². The molecule has 2 aliphatic rings. The number of aromatic nitrogens is 2. The zero-order valence-corrected chi connectivity index (χ0v) is 16.1. The Hall–Kier alpha value is -1.62. The van der Waals surface area contributed by atoms with E-state index in [0.29, 0.717) is 6.61 Å². The standard InChI is InChI=1S/C15H23N4O7P/c1-4-23-14(20)8(2)18-27-24-7-9-11(26-27)12(22-3)13(25-9)19-6-5-10(16)17-15(19)21/h5-6,8-9,11-13,18H,4,7H2,1-3H3,(H2,16,17,21). The minimum absolute atomic E-state index is 0.126. The molecule has 3 N–H and O–H groups in total. The van der Waals surface area contributed by atoms with Gasteiger partial charge < -0.3 is 29.0 Å². The highest BCUT2D eigenvalue weighted by molar-refractivity contribution is 7.45. The van der Waals surface area contributed by atoms with Crippen LogP contribution in [0, 0.1) is 0 Å². The number of nitrogen functional groups attached to an aromatic ring is 1. The van der Waals surface area contributed by atoms with Crippen molar-refractivity contribution in [2.75, 3.05) is 26.1 Å². The van der Waals surface area contributed by atoms with E-state index in [1.807, 2.05) is 0 Å². The predicted octanol–water partition coefficient (Wildman–Crippen LogP) is -0.0786. The van der Waals surface area contributed by atoms with Gasteiger partial charge in [0.15, 0.2) is 6.23 Å². The number of hydrogen-bond donors (Lipinski definition) is 2. The van der Waals surface area contributed by atoms with E-state index in [2.05, 4.69) is 10.1 Å². The van der Waals surface area contributed by atoms with Crippen LogP contribution in [-0.4, -0.2) is 60.2 Å². The summed E-state index contributed by atoms with van der Waals surface area (Å²) in [5, 5.41) is 2.97. The Morgan fingerprint density at radius 1 is 1.59 bits per heavy atom. The molecule has 3 heterocycles. The van der Waals surface area contributed by atoms with Gasteiger partial charge in [0, 0.05) is 13.3 Å². The van der Waals surface area contributed by atoms with Gasteiger partial charge in [-0.2, -0.15) is 4.98 Å². The van der Waals surface area contributed by atoms with Crippen LogP contribution in [0.15, 0.2) is 17.1 Å². The maximum atomic E-state index is 12.1. The lowest BCUT2D eigenvalue weighted by Gasteiger charge is -2.33. The molecule has 0 aliphatic carbocycles. The first-order chi connectivity index (χ1) is 12.9. The van der Waals surface area contributed by atoms with Crippen LogP contribution in [0.25, 0.3) is 0 Å². The average molecular weight is 402 g/mol. The van der Waals surface area contributed by atoms with E-state index >= 15 is 0 Å². The molecule has 27 heavy (non-hydrogen) atoms. The lowest BCUT2D eigenvalue weighted by molar-refractivity contribution is -0.144. The van der Waals surface area contributed by atoms with Gasteiger partial charge in [0.25, 0.3) is 8.53 Å². The smallest absolute Gasteiger partial charge is 0.351 e. The molecule has 11 nitrogen and oxygen atoms in total. The van der Waals surface area contributed by atoms with Crippen LogP contribution < -0.4 is 16.5 Å². The van der Waals surface area contributed by atoms with E-state index < -0.39 is 50.8 Å². The third-order valence-corrected chi connectivity index (χ3v) is 5.61. The van der Waals surface area contributed by atoms with E-state index in [0.717, 1.165) is 0 Å². The van der Waals surface area contributed by atoms with Crippen molar-refractivity contribution in [1.82, 2.24) is 14.6 Å². The van der Waals surface area contributed by atoms with E-state index in [9.17, 15) is 9.59 Å². The number of nitrogens with two attached hydrogens (primary N) is 1. The van der Waals surface area contributed by atoms with Crippen molar-refractivity contribution in [3.8, 4) is 0 Å². The molecule has 2 fully saturated rings. The summed E-state index contributed by atoms with van der Waals surface area (Å²) in [6.45, 7) is 3.93. The van der Waals surface area contributed by atoms with Gasteiger partial charge in [0.05, 0.1) is 13.2 Å². The molecule has 0 saturated carbocycles. The third-order valence-electron chi connectivity index (χ3n) is 4.20. The van der Waals surface area contributed by atoms with Crippen molar-refractivity contribution in [3.63, 3.8) is 0 Å². The van der Waals surface area contributed by atoms with Crippen molar-refractivity contribution in [3.05, 3.63) is 22.7 Å². The van der Waals surface area contributed by atoms with E-state index in [1.54, 1.807) is 13.8 Å². The zero-order valence-electron chi connectivity index (χ0n) is 15.2. The van der Waals surface area contributed by atoms with E-state index in [-0.39, 0.29) is 12.4 Å². The van der Waals surface area contributed by atoms with Crippen LogP contribution in [0.5, 0.6) is 0 Å². The van der Waals surface area contributed by atoms with Crippen molar-refractivity contribution in [2.45, 2.75) is 44.4 Å². The number of fused-ring (bicyclic) bond motifs is 1. The summed E-state index contributed by atoms with van der Waals surface area (Å²) < 4.78 is 29.3. The molecule has 0 bridgehead atoms. The third kappa shape index (κ3) is 4.29. The lowest BCUT2D eigenvalue weighted by Crippen LogP contribution is -2.43. The highest BCUT2D eigenvalue weighted by Crippen LogP contribution is 2.47. The molecule has 0 aromatic carbocycles. The maximum Gasteiger partial charge on any atom is 0.351 e. The summed E-state index contributed by atoms with van der Waals surface area (Å²) in [7, 11) is -0.0442. The van der Waals surface area contributed by atoms with E-state index in [4.69, 9.17) is 29.0 Å². The molecule has 0 radical (unpaired) electrons. The van der Waals surface area contributed by atoms with Crippen LogP contribution in [0.1, 0.15) is 20.1 Å². The molecule has 1 aromatic rings. The summed E-state index contributed by atoms with van der Waals surface area (Å²) >= 11 is 0. The van der Waals surface area contributed by atoms with Crippen LogP contribution in [0.4, 0.5) is 5.82 Å². The number of ether oxygens (including phenoxy) is 3. The molecular weight excluding hydrogens is 379 g/mol. The van der Waals surface area contributed by atoms with Gasteiger partial charge in [-0.25, -0.2) is 9.88 Å². The van der Waals surface area contributed by atoms with Crippen molar-refractivity contribution < 1.29 is 28.1 Å². The normalized spacial score (nSPS) is 31.3. The first kappa shape index (κ1) is 20.1. The largest absolute Gasteiger partial charge is 0.465 e. The maximum absolute atomic E-state index is 12.1. The van der Waals surface area contributed by atoms with Crippen molar-refractivity contribution >= 4 is 20.3 Å². The Kier molecular flexibility index (Phi) is 6.40. The number of rotatable bonds is 6. The fourth-order valence-electron chi connectivity index (χ4n) is 2.89. The number of carbonyl (C=O) groups excluding carboxylic acids is 1. The molecule has 150 valence electrons. The van der Waals surface area contributed by atoms with Gasteiger partial charge in [0.1, 0.15) is 30.2 Å². The Balaban J connectivity index is 1.70. The number of esters is 1. The van der Waals surface area contributed by atoms with Crippen LogP contribution in [-0.2, 0) is 28.1 Å². The number of nitrogens with zero attached hydrogens (tertiary/aromatic N) is 2. The number of anilines is 1. The highest BCUT2D eigenvalue weighted by atomic mass is 31.2. The van der Waals surface area contributed by atoms with Crippen LogP contribution in [0.2, 0.25) is 0 Å². The molecule has 1 aromatic heterocycles. The fourth-order valence-corrected chi connectivity index (χ4v) is 4.27. The molecule has 6 atom stereocenters. The number of methoxy groups -OCH3 is 1. The second-order valence-corrected chi connectivity index (χ2v) is 7.27. The van der Waals surface area contributed by atoms with Gasteiger partial charge in [-0.05, 0) is 19.9 Å². The Labute approximate surface area is 157 Å². The molecule has 6 unspecified atom stereocenters. The van der Waals surface area contributed by atoms with Crippen molar-refractivity contribution in [2.24, 2.45) is 0 Å². The van der Waals surface area contributed by atoms with Crippen LogP contribution in [0.3, 0.4) is 0 Å². The molecule has 12 heteroatoms. The van der Waals surface area contributed by atoms with Gasteiger partial charge in [-0.1, -0.05) is 0 Å². The molecule has 2 saturated heterocycles. The first-order valence-corrected chi connectivity index (χ1v) is 9.68. The van der Waals surface area contributed by atoms with Gasteiger partial charge >= 0.3 is 11.7 Å². The molecule has 2 aliphatic heterocycles. The topological polar surface area (TPSA) is 136 Å². The first-order valence-electron chi connectivity index (χ1n) is 8.50. The summed E-state index contributed by atoms with van der Waals surface area (Å²) in [4.78, 5) is 27.6. The zero-order chi connectivity index (χ0) is 19.6. The SMILES string of the molecule is CCOC(=O)C(C)NP1OCC2OC(n3ccc(N)nc3=O)C(OC)C2O1. The summed E-state index contributed by atoms with van der Waals surface area (Å²) in [5.41, 5.74) is 4.99. The predicted molar refractivity (Wildman–Crippen MR) is 94.6 cm³/mol. The fraction of sp³-hybridized carbons (Fsp3) is 0.667. The van der Waals surface area contributed by atoms with Gasteiger partial charge in [-0.3, -0.25) is 9.36 Å². The minimum atomic E-state index is -1.55. The van der Waals surface area contributed by atoms with Gasteiger partial charge in [0.2, 0.25) is 0 Å². The Morgan fingerprint density at radius 3 is 3.04 bits per heavy atom. The quantitative estimate of drug-likeness (QED) is 0.491.